The summed E-state index contributed by atoms with van der Waals surface area (Å²) in [6, 6.07) is 3.77. The van der Waals surface area contributed by atoms with Crippen LogP contribution in [0, 0.1) is 11.8 Å². The summed E-state index contributed by atoms with van der Waals surface area (Å²) in [5.41, 5.74) is 6.57. The van der Waals surface area contributed by atoms with Crippen LogP contribution in [0.15, 0.2) is 18.3 Å². The third-order valence-electron chi connectivity index (χ3n) is 7.31. The highest BCUT2D eigenvalue weighted by Gasteiger charge is 2.58. The molecule has 1 aliphatic heterocycles. The minimum Gasteiger partial charge on any atom is -0.383 e. The molecule has 2 aromatic heterocycles. The number of halogens is 3. The maximum Gasteiger partial charge on any atom is 0.419 e. The average Bonchev–Trinajstić information content (AvgIpc) is 3.06. The number of pyridine rings is 1. The fraction of sp³-hybridized carbons (Fsp3) is 0.652. The summed E-state index contributed by atoms with van der Waals surface area (Å²) in [7, 11) is 0. The van der Waals surface area contributed by atoms with E-state index >= 15 is 0 Å². The number of ether oxygens (including phenoxy) is 1. The van der Waals surface area contributed by atoms with E-state index in [1.54, 1.807) is 0 Å². The lowest BCUT2D eigenvalue weighted by Crippen LogP contribution is -2.36. The summed E-state index contributed by atoms with van der Waals surface area (Å²) in [5.74, 6) is 1.18. The third-order valence-corrected chi connectivity index (χ3v) is 7.31. The molecule has 6 nitrogen and oxygen atoms in total. The number of nitrogens with two attached hydrogens (primary N) is 1. The molecular weight excluding hydrogens is 419 g/mol. The molecule has 2 atom stereocenters. The fourth-order valence-electron chi connectivity index (χ4n) is 5.73. The van der Waals surface area contributed by atoms with Crippen LogP contribution in [0.4, 0.5) is 19.0 Å². The lowest BCUT2D eigenvalue weighted by Gasteiger charge is -2.28. The highest BCUT2D eigenvalue weighted by Crippen LogP contribution is 2.64. The zero-order valence-corrected chi connectivity index (χ0v) is 18.5. The van der Waals surface area contributed by atoms with Crippen molar-refractivity contribution in [2.45, 2.75) is 57.3 Å². The Hall–Kier alpha value is -2.13. The molecule has 3 aliphatic rings. The minimum atomic E-state index is -4.54. The zero-order chi connectivity index (χ0) is 22.6. The maximum atomic E-state index is 13.3. The predicted octanol–water partition coefficient (Wildman–Crippen LogP) is 4.34. The highest BCUT2D eigenvalue weighted by molar-refractivity contribution is 5.63. The molecule has 174 valence electrons. The van der Waals surface area contributed by atoms with Crippen molar-refractivity contribution in [3.05, 3.63) is 29.6 Å². The van der Waals surface area contributed by atoms with Gasteiger partial charge < -0.3 is 10.5 Å². The highest BCUT2D eigenvalue weighted by atomic mass is 19.4. The van der Waals surface area contributed by atoms with Crippen molar-refractivity contribution in [3.8, 4) is 11.3 Å². The molecule has 32 heavy (non-hydrogen) atoms. The molecule has 2 saturated carbocycles. The quantitative estimate of drug-likeness (QED) is 0.752. The van der Waals surface area contributed by atoms with Crippen LogP contribution >= 0.6 is 0 Å². The molecule has 0 radical (unpaired) electrons. The SMILES string of the molecule is CC(C)n1nc(-c2cnc(N)c(C(F)(F)F)c2)cc1C1C2CC(N3CCCOCC3)CC21. The molecular formula is C23H30F3N5O. The first-order chi connectivity index (χ1) is 15.2. The molecule has 5 rings (SSSR count). The maximum absolute atomic E-state index is 13.3. The van der Waals surface area contributed by atoms with Gasteiger partial charge in [-0.2, -0.15) is 18.3 Å². The Labute approximate surface area is 185 Å². The van der Waals surface area contributed by atoms with Crippen molar-refractivity contribution in [2.24, 2.45) is 11.8 Å². The van der Waals surface area contributed by atoms with Crippen LogP contribution in [0.1, 0.15) is 56.3 Å². The Bertz CT molecular complexity index is 968. The van der Waals surface area contributed by atoms with Gasteiger partial charge in [0.15, 0.2) is 0 Å². The van der Waals surface area contributed by atoms with Crippen LogP contribution in [-0.4, -0.2) is 52.0 Å². The molecule has 1 saturated heterocycles. The molecule has 2 N–H and O–H groups in total. The molecule has 2 unspecified atom stereocenters. The number of hydrogen-bond acceptors (Lipinski definition) is 5. The number of rotatable bonds is 4. The van der Waals surface area contributed by atoms with Crippen LogP contribution in [0.25, 0.3) is 11.3 Å². The molecule has 0 spiro atoms. The molecule has 0 bridgehead atoms. The Morgan fingerprint density at radius 1 is 1.12 bits per heavy atom. The topological polar surface area (TPSA) is 69.2 Å². The number of nitrogens with zero attached hydrogens (tertiary/aromatic N) is 4. The van der Waals surface area contributed by atoms with Crippen LogP contribution in [0.5, 0.6) is 0 Å². The Kier molecular flexibility index (Phi) is 5.44. The third kappa shape index (κ3) is 3.90. The van der Waals surface area contributed by atoms with Gasteiger partial charge >= 0.3 is 6.18 Å². The van der Waals surface area contributed by atoms with Crippen molar-refractivity contribution in [1.29, 1.82) is 0 Å². The molecule has 9 heteroatoms. The second-order valence-corrected chi connectivity index (χ2v) is 9.63. The minimum absolute atomic E-state index is 0.127. The second-order valence-electron chi connectivity index (χ2n) is 9.63. The van der Waals surface area contributed by atoms with E-state index in [1.165, 1.54) is 19.0 Å². The lowest BCUT2D eigenvalue weighted by molar-refractivity contribution is -0.137. The fourth-order valence-corrected chi connectivity index (χ4v) is 5.73. The van der Waals surface area contributed by atoms with Gasteiger partial charge in [-0.1, -0.05) is 0 Å². The predicted molar refractivity (Wildman–Crippen MR) is 115 cm³/mol. The van der Waals surface area contributed by atoms with E-state index in [0.717, 1.165) is 44.5 Å². The molecule has 2 aliphatic carbocycles. The van der Waals surface area contributed by atoms with Gasteiger partial charge in [0.25, 0.3) is 0 Å². The van der Waals surface area contributed by atoms with Gasteiger partial charge in [0.1, 0.15) is 5.82 Å². The lowest BCUT2D eigenvalue weighted by atomic mass is 10.0. The van der Waals surface area contributed by atoms with E-state index in [1.807, 2.05) is 10.7 Å². The summed E-state index contributed by atoms with van der Waals surface area (Å²) in [5, 5.41) is 4.68. The van der Waals surface area contributed by atoms with Gasteiger partial charge in [-0.25, -0.2) is 4.98 Å². The standard InChI is InChI=1S/C23H30F3N5O/c1-13(2)31-20(11-19(29-31)14-8-18(23(24,25)26)22(27)28-12-14)21-16-9-15(10-17(16)21)30-4-3-6-32-7-5-30/h8,11-13,15-17,21H,3-7,9-10H2,1-2H3,(H2,27,28). The summed E-state index contributed by atoms with van der Waals surface area (Å²) in [6.45, 7) is 7.89. The van der Waals surface area contributed by atoms with Gasteiger partial charge in [-0.3, -0.25) is 9.58 Å². The first kappa shape index (κ1) is 21.7. The van der Waals surface area contributed by atoms with Crippen LogP contribution < -0.4 is 5.73 Å². The normalized spacial score (nSPS) is 28.7. The van der Waals surface area contributed by atoms with Crippen LogP contribution in [-0.2, 0) is 10.9 Å². The van der Waals surface area contributed by atoms with E-state index in [4.69, 9.17) is 10.5 Å². The van der Waals surface area contributed by atoms with Gasteiger partial charge in [0.2, 0.25) is 0 Å². The summed E-state index contributed by atoms with van der Waals surface area (Å²) in [6.07, 6.45) is 0.281. The Balaban J connectivity index is 1.37. The smallest absolute Gasteiger partial charge is 0.383 e. The van der Waals surface area contributed by atoms with Crippen LogP contribution in [0.3, 0.4) is 0 Å². The molecule has 2 aromatic rings. The van der Waals surface area contributed by atoms with E-state index in [-0.39, 0.29) is 6.04 Å². The van der Waals surface area contributed by atoms with E-state index in [2.05, 4.69) is 28.8 Å². The first-order valence-electron chi connectivity index (χ1n) is 11.5. The first-order valence-corrected chi connectivity index (χ1v) is 11.5. The Morgan fingerprint density at radius 2 is 1.88 bits per heavy atom. The summed E-state index contributed by atoms with van der Waals surface area (Å²) < 4.78 is 47.5. The number of hydrogen-bond donors (Lipinski definition) is 1. The summed E-state index contributed by atoms with van der Waals surface area (Å²) in [4.78, 5) is 6.37. The number of anilines is 1. The molecule has 0 aromatic carbocycles. The molecule has 3 fully saturated rings. The monoisotopic (exact) mass is 449 g/mol. The van der Waals surface area contributed by atoms with E-state index in [9.17, 15) is 13.2 Å². The molecule has 3 heterocycles. The van der Waals surface area contributed by atoms with Crippen LogP contribution in [0.2, 0.25) is 0 Å². The molecule has 0 amide bonds. The number of alkyl halides is 3. The van der Waals surface area contributed by atoms with Gasteiger partial charge in [-0.15, -0.1) is 0 Å². The van der Waals surface area contributed by atoms with Gasteiger partial charge in [-0.05, 0) is 57.1 Å². The van der Waals surface area contributed by atoms with Crippen molar-refractivity contribution in [2.75, 3.05) is 32.0 Å². The number of nitrogen functional groups attached to an aromatic ring is 1. The number of fused-ring (bicyclic) bond motifs is 1. The van der Waals surface area contributed by atoms with Crippen molar-refractivity contribution in [1.82, 2.24) is 19.7 Å². The largest absolute Gasteiger partial charge is 0.419 e. The van der Waals surface area contributed by atoms with E-state index < -0.39 is 17.6 Å². The van der Waals surface area contributed by atoms with Gasteiger partial charge in [0, 0.05) is 55.2 Å². The van der Waals surface area contributed by atoms with Crippen molar-refractivity contribution < 1.29 is 17.9 Å². The zero-order valence-electron chi connectivity index (χ0n) is 18.5. The van der Waals surface area contributed by atoms with Gasteiger partial charge in [0.05, 0.1) is 17.9 Å². The van der Waals surface area contributed by atoms with E-state index in [0.29, 0.717) is 35.1 Å². The number of aromatic nitrogens is 3. The average molecular weight is 450 g/mol. The second kappa shape index (κ2) is 8.02. The van der Waals surface area contributed by atoms with Crippen molar-refractivity contribution >= 4 is 5.82 Å². The summed E-state index contributed by atoms with van der Waals surface area (Å²) >= 11 is 0. The van der Waals surface area contributed by atoms with Crippen molar-refractivity contribution in [3.63, 3.8) is 0 Å². The Morgan fingerprint density at radius 3 is 2.56 bits per heavy atom.